The van der Waals surface area contributed by atoms with Crippen LogP contribution >= 0.6 is 0 Å². The molecule has 0 aromatic carbocycles. The second kappa shape index (κ2) is 7.61. The zero-order chi connectivity index (χ0) is 17.8. The van der Waals surface area contributed by atoms with Crippen molar-refractivity contribution in [2.75, 3.05) is 30.7 Å². The zero-order valence-electron chi connectivity index (χ0n) is 14.8. The Morgan fingerprint density at radius 1 is 1.15 bits per heavy atom. The number of hydrogen-bond acceptors (Lipinski definition) is 6. The quantitative estimate of drug-likeness (QED) is 0.707. The van der Waals surface area contributed by atoms with Gasteiger partial charge < -0.3 is 20.0 Å². The van der Waals surface area contributed by atoms with E-state index in [4.69, 9.17) is 10.2 Å². The van der Waals surface area contributed by atoms with Gasteiger partial charge in [0, 0.05) is 62.7 Å². The highest BCUT2D eigenvalue weighted by Crippen LogP contribution is 2.23. The SMILES string of the molecule is Nc1nc2c(c(NCCn3cccc3)n1)CCN(Cc1ccoc1)CC2. The van der Waals surface area contributed by atoms with Crippen LogP contribution in [0.15, 0.2) is 47.5 Å². The topological polar surface area (TPSA) is 85.1 Å². The largest absolute Gasteiger partial charge is 0.472 e. The van der Waals surface area contributed by atoms with Crippen molar-refractivity contribution in [3.8, 4) is 0 Å². The number of anilines is 2. The molecule has 0 bridgehead atoms. The lowest BCUT2D eigenvalue weighted by Crippen LogP contribution is -2.25. The van der Waals surface area contributed by atoms with E-state index < -0.39 is 0 Å². The van der Waals surface area contributed by atoms with Crippen LogP contribution < -0.4 is 11.1 Å². The van der Waals surface area contributed by atoms with E-state index in [9.17, 15) is 0 Å². The molecule has 0 saturated carbocycles. The standard InChI is InChI=1S/C19H24N6O/c20-19-22-17-4-10-25(13-15-5-12-26-14-15)9-3-16(17)18(23-19)21-6-11-24-7-1-2-8-24/h1-2,5,7-8,12,14H,3-4,6,9-11,13H2,(H3,20,21,22,23). The minimum atomic E-state index is 0.343. The Kier molecular flexibility index (Phi) is 4.88. The van der Waals surface area contributed by atoms with Crippen LogP contribution in [0.1, 0.15) is 16.8 Å². The molecule has 4 rings (SSSR count). The Labute approximate surface area is 152 Å². The Morgan fingerprint density at radius 3 is 2.81 bits per heavy atom. The normalized spacial score (nSPS) is 14.8. The third kappa shape index (κ3) is 3.88. The van der Waals surface area contributed by atoms with Crippen LogP contribution in [0, 0.1) is 0 Å². The van der Waals surface area contributed by atoms with Gasteiger partial charge in [0.1, 0.15) is 5.82 Å². The highest BCUT2D eigenvalue weighted by Gasteiger charge is 2.20. The fourth-order valence-electron chi connectivity index (χ4n) is 3.43. The number of nitrogens with one attached hydrogen (secondary N) is 1. The molecule has 26 heavy (non-hydrogen) atoms. The first-order valence-electron chi connectivity index (χ1n) is 9.01. The molecular weight excluding hydrogens is 328 g/mol. The third-order valence-corrected chi connectivity index (χ3v) is 4.77. The van der Waals surface area contributed by atoms with Gasteiger partial charge in [0.25, 0.3) is 0 Å². The summed E-state index contributed by atoms with van der Waals surface area (Å²) >= 11 is 0. The maximum Gasteiger partial charge on any atom is 0.222 e. The second-order valence-electron chi connectivity index (χ2n) is 6.61. The van der Waals surface area contributed by atoms with Crippen molar-refractivity contribution in [2.24, 2.45) is 0 Å². The van der Waals surface area contributed by atoms with E-state index in [-0.39, 0.29) is 0 Å². The van der Waals surface area contributed by atoms with Gasteiger partial charge in [0.05, 0.1) is 18.2 Å². The molecule has 0 radical (unpaired) electrons. The third-order valence-electron chi connectivity index (χ3n) is 4.77. The molecular formula is C19H24N6O. The maximum atomic E-state index is 5.95. The van der Waals surface area contributed by atoms with Crippen molar-refractivity contribution < 1.29 is 4.42 Å². The summed E-state index contributed by atoms with van der Waals surface area (Å²) in [6, 6.07) is 6.08. The summed E-state index contributed by atoms with van der Waals surface area (Å²) < 4.78 is 7.32. The van der Waals surface area contributed by atoms with Crippen LogP contribution in [-0.4, -0.2) is 39.1 Å². The van der Waals surface area contributed by atoms with E-state index in [1.54, 1.807) is 6.26 Å². The molecule has 3 aromatic heterocycles. The Morgan fingerprint density at radius 2 is 2.00 bits per heavy atom. The molecule has 1 aliphatic rings. The average Bonchev–Trinajstić information content (AvgIpc) is 3.28. The summed E-state index contributed by atoms with van der Waals surface area (Å²) in [5, 5.41) is 3.45. The van der Waals surface area contributed by atoms with Gasteiger partial charge in [-0.05, 0) is 24.6 Å². The highest BCUT2D eigenvalue weighted by molar-refractivity contribution is 5.50. The number of nitrogens with zero attached hydrogens (tertiary/aromatic N) is 4. The van der Waals surface area contributed by atoms with Crippen molar-refractivity contribution in [3.05, 3.63) is 59.9 Å². The number of furan rings is 1. The molecule has 136 valence electrons. The number of nitrogen functional groups attached to an aromatic ring is 1. The number of aromatic nitrogens is 3. The molecule has 0 unspecified atom stereocenters. The van der Waals surface area contributed by atoms with E-state index in [0.29, 0.717) is 5.95 Å². The Hall–Kier alpha value is -2.80. The molecule has 0 fully saturated rings. The van der Waals surface area contributed by atoms with Gasteiger partial charge in [0.2, 0.25) is 5.95 Å². The first-order chi connectivity index (χ1) is 12.8. The second-order valence-corrected chi connectivity index (χ2v) is 6.61. The van der Waals surface area contributed by atoms with Gasteiger partial charge in [-0.25, -0.2) is 4.98 Å². The van der Waals surface area contributed by atoms with Crippen molar-refractivity contribution >= 4 is 11.8 Å². The smallest absolute Gasteiger partial charge is 0.222 e. The van der Waals surface area contributed by atoms with Gasteiger partial charge in [-0.1, -0.05) is 0 Å². The molecule has 7 heteroatoms. The predicted octanol–water partition coefficient (Wildman–Crippen LogP) is 2.17. The van der Waals surface area contributed by atoms with E-state index in [1.165, 1.54) is 11.1 Å². The van der Waals surface area contributed by atoms with Crippen LogP contribution in [0.5, 0.6) is 0 Å². The van der Waals surface area contributed by atoms with E-state index >= 15 is 0 Å². The van der Waals surface area contributed by atoms with E-state index in [0.717, 1.165) is 57.1 Å². The van der Waals surface area contributed by atoms with Crippen LogP contribution in [0.3, 0.4) is 0 Å². The zero-order valence-corrected chi connectivity index (χ0v) is 14.8. The number of nitrogens with two attached hydrogens (primary N) is 1. The van der Waals surface area contributed by atoms with Gasteiger partial charge in [0.15, 0.2) is 0 Å². The molecule has 0 saturated heterocycles. The van der Waals surface area contributed by atoms with Crippen molar-refractivity contribution in [1.82, 2.24) is 19.4 Å². The fourth-order valence-corrected chi connectivity index (χ4v) is 3.43. The molecule has 0 atom stereocenters. The lowest BCUT2D eigenvalue weighted by Gasteiger charge is -2.18. The lowest BCUT2D eigenvalue weighted by atomic mass is 10.1. The monoisotopic (exact) mass is 352 g/mol. The first-order valence-corrected chi connectivity index (χ1v) is 9.01. The highest BCUT2D eigenvalue weighted by atomic mass is 16.3. The summed E-state index contributed by atoms with van der Waals surface area (Å²) in [4.78, 5) is 11.4. The summed E-state index contributed by atoms with van der Waals surface area (Å²) in [6.45, 7) is 4.51. The van der Waals surface area contributed by atoms with Gasteiger partial charge in [-0.15, -0.1) is 0 Å². The molecule has 0 spiro atoms. The summed E-state index contributed by atoms with van der Waals surface area (Å²) in [7, 11) is 0. The van der Waals surface area contributed by atoms with Crippen molar-refractivity contribution in [1.29, 1.82) is 0 Å². The summed E-state index contributed by atoms with van der Waals surface area (Å²) in [5.74, 6) is 1.22. The Balaban J connectivity index is 1.44. The minimum Gasteiger partial charge on any atom is -0.472 e. The number of hydrogen-bond donors (Lipinski definition) is 2. The first kappa shape index (κ1) is 16.7. The number of fused-ring (bicyclic) bond motifs is 1. The summed E-state index contributed by atoms with van der Waals surface area (Å²) in [6.07, 6.45) is 9.45. The summed E-state index contributed by atoms with van der Waals surface area (Å²) in [5.41, 5.74) is 9.41. The predicted molar refractivity (Wildman–Crippen MR) is 101 cm³/mol. The van der Waals surface area contributed by atoms with Crippen LogP contribution in [0.2, 0.25) is 0 Å². The Bertz CT molecular complexity index is 828. The molecule has 0 aliphatic carbocycles. The molecule has 4 heterocycles. The molecule has 3 aromatic rings. The molecule has 1 aliphatic heterocycles. The van der Waals surface area contributed by atoms with Crippen LogP contribution in [0.25, 0.3) is 0 Å². The van der Waals surface area contributed by atoms with E-state index in [1.807, 2.05) is 24.5 Å². The minimum absolute atomic E-state index is 0.343. The average molecular weight is 352 g/mol. The van der Waals surface area contributed by atoms with Crippen molar-refractivity contribution in [3.63, 3.8) is 0 Å². The maximum absolute atomic E-state index is 5.95. The number of rotatable bonds is 6. The van der Waals surface area contributed by atoms with Crippen molar-refractivity contribution in [2.45, 2.75) is 25.9 Å². The molecule has 0 amide bonds. The molecule has 3 N–H and O–H groups in total. The fraction of sp³-hybridized carbons (Fsp3) is 0.368. The van der Waals surface area contributed by atoms with Gasteiger partial charge >= 0.3 is 0 Å². The van der Waals surface area contributed by atoms with Gasteiger partial charge in [-0.2, -0.15) is 4.98 Å². The van der Waals surface area contributed by atoms with Crippen LogP contribution in [0.4, 0.5) is 11.8 Å². The van der Waals surface area contributed by atoms with Crippen LogP contribution in [-0.2, 0) is 25.9 Å². The van der Waals surface area contributed by atoms with E-state index in [2.05, 4.69) is 37.1 Å². The van der Waals surface area contributed by atoms with Gasteiger partial charge in [-0.3, -0.25) is 4.90 Å². The lowest BCUT2D eigenvalue weighted by molar-refractivity contribution is 0.278. The molecule has 7 nitrogen and oxygen atoms in total.